The summed E-state index contributed by atoms with van der Waals surface area (Å²) in [7, 11) is 0. The van der Waals surface area contributed by atoms with Crippen LogP contribution < -0.4 is 0 Å². The van der Waals surface area contributed by atoms with Crippen molar-refractivity contribution in [3.05, 3.63) is 47.8 Å². The molecule has 94 valence electrons. The van der Waals surface area contributed by atoms with Gasteiger partial charge in [0.15, 0.2) is 0 Å². The van der Waals surface area contributed by atoms with E-state index in [2.05, 4.69) is 0 Å². The lowest BCUT2D eigenvalue weighted by molar-refractivity contribution is 0.464. The molecule has 0 aliphatic heterocycles. The van der Waals surface area contributed by atoms with Crippen LogP contribution in [-0.4, -0.2) is 23.8 Å². The van der Waals surface area contributed by atoms with Crippen LogP contribution in [0.25, 0.3) is 10.8 Å². The number of nitrogens with one attached hydrogen (secondary N) is 1. The highest BCUT2D eigenvalue weighted by Crippen LogP contribution is 2.22. The van der Waals surface area contributed by atoms with E-state index in [1.54, 1.807) is 12.1 Å². The lowest BCUT2D eigenvalue weighted by Gasteiger charge is -2.22. The van der Waals surface area contributed by atoms with E-state index in [1.165, 1.54) is 6.07 Å². The molecule has 0 saturated heterocycles. The number of nitrogens with zero attached hydrogens (tertiary/aromatic N) is 1. The molecule has 0 bridgehead atoms. The molecule has 0 saturated carbocycles. The molecule has 2 aromatic carbocycles. The van der Waals surface area contributed by atoms with Gasteiger partial charge in [0.25, 0.3) is 0 Å². The Kier molecular flexibility index (Phi) is 3.60. The molecule has 1 N–H and O–H groups in total. The van der Waals surface area contributed by atoms with Gasteiger partial charge in [-0.05, 0) is 31.4 Å². The summed E-state index contributed by atoms with van der Waals surface area (Å²) in [6, 6.07) is 10.4. The minimum absolute atomic E-state index is 0.235. The summed E-state index contributed by atoms with van der Waals surface area (Å²) in [6.45, 7) is 5.59. The Morgan fingerprint density at radius 2 is 1.67 bits per heavy atom. The predicted molar refractivity (Wildman–Crippen MR) is 73.7 cm³/mol. The fraction of sp³-hybridized carbons (Fsp3) is 0.267. The molecule has 0 radical (unpaired) electrons. The topological polar surface area (TPSA) is 27.1 Å². The first kappa shape index (κ1) is 12.6. The molecular weight excluding hydrogens is 227 g/mol. The van der Waals surface area contributed by atoms with E-state index < -0.39 is 0 Å². The first-order chi connectivity index (χ1) is 8.69. The fourth-order valence-electron chi connectivity index (χ4n) is 2.18. The monoisotopic (exact) mass is 244 g/mol. The smallest absolute Gasteiger partial charge is 0.131 e. The van der Waals surface area contributed by atoms with Gasteiger partial charge in [-0.25, -0.2) is 4.39 Å². The molecule has 0 fully saturated rings. The highest BCUT2D eigenvalue weighted by Gasteiger charge is 2.13. The summed E-state index contributed by atoms with van der Waals surface area (Å²) in [5.74, 6) is 0.220. The van der Waals surface area contributed by atoms with Crippen molar-refractivity contribution in [3.8, 4) is 0 Å². The number of halogens is 1. The number of rotatable bonds is 3. The maximum Gasteiger partial charge on any atom is 0.131 e. The Morgan fingerprint density at radius 3 is 2.28 bits per heavy atom. The van der Waals surface area contributed by atoms with Crippen molar-refractivity contribution < 1.29 is 4.39 Å². The highest BCUT2D eigenvalue weighted by molar-refractivity contribution is 6.08. The van der Waals surface area contributed by atoms with Crippen LogP contribution in [-0.2, 0) is 0 Å². The van der Waals surface area contributed by atoms with Gasteiger partial charge in [0, 0.05) is 24.0 Å². The van der Waals surface area contributed by atoms with Gasteiger partial charge in [0.2, 0.25) is 0 Å². The molecule has 0 aromatic heterocycles. The maximum absolute atomic E-state index is 13.7. The second kappa shape index (κ2) is 5.17. The van der Waals surface area contributed by atoms with Gasteiger partial charge in [0.1, 0.15) is 11.7 Å². The third-order valence-electron chi connectivity index (χ3n) is 3.21. The van der Waals surface area contributed by atoms with Crippen LogP contribution in [0.1, 0.15) is 19.4 Å². The average Bonchev–Trinajstić information content (AvgIpc) is 2.41. The largest absolute Gasteiger partial charge is 0.357 e. The van der Waals surface area contributed by atoms with E-state index >= 15 is 0 Å². The van der Waals surface area contributed by atoms with Crippen LogP contribution in [0.3, 0.4) is 0 Å². The summed E-state index contributed by atoms with van der Waals surface area (Å²) >= 11 is 0. The van der Waals surface area contributed by atoms with E-state index in [-0.39, 0.29) is 5.82 Å². The van der Waals surface area contributed by atoms with Gasteiger partial charge in [-0.3, -0.25) is 5.41 Å². The van der Waals surface area contributed by atoms with Crippen LogP contribution in [0.2, 0.25) is 0 Å². The molecule has 0 amide bonds. The SMILES string of the molecule is CCN(CC)C(=N)c1ccc(F)c2ccccc12. The summed E-state index contributed by atoms with van der Waals surface area (Å²) in [5, 5.41) is 9.62. The van der Waals surface area contributed by atoms with E-state index in [0.717, 1.165) is 24.0 Å². The number of amidine groups is 1. The van der Waals surface area contributed by atoms with Gasteiger partial charge < -0.3 is 4.90 Å². The van der Waals surface area contributed by atoms with Crippen LogP contribution in [0.5, 0.6) is 0 Å². The van der Waals surface area contributed by atoms with Crippen molar-refractivity contribution in [1.29, 1.82) is 5.41 Å². The molecule has 2 aromatic rings. The first-order valence-corrected chi connectivity index (χ1v) is 6.20. The van der Waals surface area contributed by atoms with E-state index in [1.807, 2.05) is 36.9 Å². The third-order valence-corrected chi connectivity index (χ3v) is 3.21. The first-order valence-electron chi connectivity index (χ1n) is 6.20. The fourth-order valence-corrected chi connectivity index (χ4v) is 2.18. The van der Waals surface area contributed by atoms with Crippen LogP contribution >= 0.6 is 0 Å². The molecule has 18 heavy (non-hydrogen) atoms. The predicted octanol–water partition coefficient (Wildman–Crippen LogP) is 3.65. The van der Waals surface area contributed by atoms with Gasteiger partial charge in [-0.15, -0.1) is 0 Å². The molecule has 0 heterocycles. The second-order valence-corrected chi connectivity index (χ2v) is 4.16. The number of hydrogen-bond acceptors (Lipinski definition) is 1. The summed E-state index contributed by atoms with van der Waals surface area (Å²) < 4.78 is 13.7. The second-order valence-electron chi connectivity index (χ2n) is 4.16. The van der Waals surface area contributed by atoms with Gasteiger partial charge in [-0.2, -0.15) is 0 Å². The molecule has 0 aliphatic rings. The lowest BCUT2D eigenvalue weighted by Crippen LogP contribution is -2.30. The van der Waals surface area contributed by atoms with Crippen molar-refractivity contribution in [2.75, 3.05) is 13.1 Å². The minimum atomic E-state index is -0.235. The molecule has 0 unspecified atom stereocenters. The molecular formula is C15H17FN2. The molecule has 3 heteroatoms. The number of hydrogen-bond donors (Lipinski definition) is 1. The Balaban J connectivity index is 2.58. The van der Waals surface area contributed by atoms with Crippen molar-refractivity contribution >= 4 is 16.6 Å². The molecule has 2 nitrogen and oxygen atoms in total. The highest BCUT2D eigenvalue weighted by atomic mass is 19.1. The maximum atomic E-state index is 13.7. The van der Waals surface area contributed by atoms with Crippen molar-refractivity contribution in [2.45, 2.75) is 13.8 Å². The van der Waals surface area contributed by atoms with E-state index in [0.29, 0.717) is 11.2 Å². The zero-order valence-electron chi connectivity index (χ0n) is 10.7. The average molecular weight is 244 g/mol. The molecule has 2 rings (SSSR count). The minimum Gasteiger partial charge on any atom is -0.357 e. The molecule has 0 spiro atoms. The van der Waals surface area contributed by atoms with E-state index in [9.17, 15) is 4.39 Å². The van der Waals surface area contributed by atoms with Crippen LogP contribution in [0.15, 0.2) is 36.4 Å². The summed E-state index contributed by atoms with van der Waals surface area (Å²) in [5.41, 5.74) is 0.788. The molecule has 0 atom stereocenters. The Labute approximate surface area is 107 Å². The normalized spacial score (nSPS) is 10.6. The molecule has 0 aliphatic carbocycles. The number of benzene rings is 2. The standard InChI is InChI=1S/C15H17FN2/c1-3-18(4-2)15(17)13-9-10-14(16)12-8-6-5-7-11(12)13/h5-10,17H,3-4H2,1-2H3. The zero-order chi connectivity index (χ0) is 13.1. The Hall–Kier alpha value is -1.90. The van der Waals surface area contributed by atoms with Crippen molar-refractivity contribution in [2.24, 2.45) is 0 Å². The Bertz CT molecular complexity index is 574. The summed E-state index contributed by atoms with van der Waals surface area (Å²) in [6.07, 6.45) is 0. The Morgan fingerprint density at radius 1 is 1.06 bits per heavy atom. The zero-order valence-corrected chi connectivity index (χ0v) is 10.7. The van der Waals surface area contributed by atoms with E-state index in [4.69, 9.17) is 5.41 Å². The lowest BCUT2D eigenvalue weighted by atomic mass is 10.0. The van der Waals surface area contributed by atoms with Crippen molar-refractivity contribution in [3.63, 3.8) is 0 Å². The van der Waals surface area contributed by atoms with Crippen LogP contribution in [0.4, 0.5) is 4.39 Å². The number of fused-ring (bicyclic) bond motifs is 1. The van der Waals surface area contributed by atoms with Gasteiger partial charge >= 0.3 is 0 Å². The summed E-state index contributed by atoms with van der Waals surface area (Å²) in [4.78, 5) is 1.96. The van der Waals surface area contributed by atoms with Crippen LogP contribution in [0, 0.1) is 11.2 Å². The van der Waals surface area contributed by atoms with Gasteiger partial charge in [-0.1, -0.05) is 24.3 Å². The third kappa shape index (κ3) is 2.08. The van der Waals surface area contributed by atoms with Gasteiger partial charge in [0.05, 0.1) is 0 Å². The van der Waals surface area contributed by atoms with Crippen molar-refractivity contribution in [1.82, 2.24) is 4.90 Å². The quantitative estimate of drug-likeness (QED) is 0.647.